The highest BCUT2D eigenvalue weighted by atomic mass is 15.2. The molecule has 0 aromatic heterocycles. The van der Waals surface area contributed by atoms with Gasteiger partial charge in [0.2, 0.25) is 0 Å². The average Bonchev–Trinajstić information content (AvgIpc) is 2.51. The lowest BCUT2D eigenvalue weighted by molar-refractivity contribution is 0.148. The maximum absolute atomic E-state index is 3.39. The van der Waals surface area contributed by atoms with Gasteiger partial charge in [0.05, 0.1) is 0 Å². The van der Waals surface area contributed by atoms with Gasteiger partial charge in [-0.3, -0.25) is 4.90 Å². The molecule has 21 heavy (non-hydrogen) atoms. The van der Waals surface area contributed by atoms with E-state index in [1.54, 1.807) is 0 Å². The summed E-state index contributed by atoms with van der Waals surface area (Å²) >= 11 is 0. The zero-order valence-electron chi connectivity index (χ0n) is 12.7. The van der Waals surface area contributed by atoms with Crippen LogP contribution in [0.25, 0.3) is 0 Å². The first kappa shape index (κ1) is 14.3. The van der Waals surface area contributed by atoms with Crippen molar-refractivity contribution >= 4 is 0 Å². The molecular formula is C19H24N2. The Morgan fingerprint density at radius 3 is 1.86 bits per heavy atom. The van der Waals surface area contributed by atoms with Crippen LogP contribution in [0.15, 0.2) is 60.7 Å². The summed E-state index contributed by atoms with van der Waals surface area (Å²) in [5.74, 6) is 0.452. The van der Waals surface area contributed by atoms with Gasteiger partial charge in [-0.05, 0) is 17.7 Å². The SMILES string of the molecule is CCN(CC(c1ccccc1)c1ccccc1)C1CNC1. The molecule has 2 aromatic carbocycles. The quantitative estimate of drug-likeness (QED) is 0.874. The van der Waals surface area contributed by atoms with Crippen molar-refractivity contribution in [1.82, 2.24) is 10.2 Å². The summed E-state index contributed by atoms with van der Waals surface area (Å²) in [6.07, 6.45) is 0. The maximum Gasteiger partial charge on any atom is 0.0345 e. The molecule has 1 heterocycles. The van der Waals surface area contributed by atoms with Crippen LogP contribution in [0.4, 0.5) is 0 Å². The van der Waals surface area contributed by atoms with Gasteiger partial charge in [-0.15, -0.1) is 0 Å². The maximum atomic E-state index is 3.39. The van der Waals surface area contributed by atoms with Crippen LogP contribution in [0.1, 0.15) is 24.0 Å². The summed E-state index contributed by atoms with van der Waals surface area (Å²) in [6, 6.07) is 22.5. The Morgan fingerprint density at radius 1 is 0.952 bits per heavy atom. The monoisotopic (exact) mass is 280 g/mol. The molecule has 0 atom stereocenters. The Bertz CT molecular complexity index is 495. The van der Waals surface area contributed by atoms with Gasteiger partial charge in [-0.1, -0.05) is 67.6 Å². The molecule has 1 N–H and O–H groups in total. The highest BCUT2D eigenvalue weighted by Gasteiger charge is 2.26. The lowest BCUT2D eigenvalue weighted by Gasteiger charge is -2.39. The van der Waals surface area contributed by atoms with Gasteiger partial charge in [-0.2, -0.15) is 0 Å². The summed E-state index contributed by atoms with van der Waals surface area (Å²) in [7, 11) is 0. The highest BCUT2D eigenvalue weighted by Crippen LogP contribution is 2.26. The van der Waals surface area contributed by atoms with Crippen LogP contribution < -0.4 is 5.32 Å². The van der Waals surface area contributed by atoms with Crippen LogP contribution >= 0.6 is 0 Å². The largest absolute Gasteiger partial charge is 0.314 e. The van der Waals surface area contributed by atoms with Crippen molar-refractivity contribution in [3.63, 3.8) is 0 Å². The van der Waals surface area contributed by atoms with E-state index in [0.717, 1.165) is 26.2 Å². The third-order valence-corrected chi connectivity index (χ3v) is 4.50. The second-order valence-corrected chi connectivity index (χ2v) is 5.77. The van der Waals surface area contributed by atoms with Gasteiger partial charge in [0.25, 0.3) is 0 Å². The van der Waals surface area contributed by atoms with E-state index in [1.807, 2.05) is 0 Å². The molecule has 2 aromatic rings. The van der Waals surface area contributed by atoms with Crippen molar-refractivity contribution in [3.05, 3.63) is 71.8 Å². The van der Waals surface area contributed by atoms with E-state index in [4.69, 9.17) is 0 Å². The first-order chi connectivity index (χ1) is 10.4. The smallest absolute Gasteiger partial charge is 0.0345 e. The highest BCUT2D eigenvalue weighted by molar-refractivity contribution is 5.32. The van der Waals surface area contributed by atoms with Crippen LogP contribution in [0.5, 0.6) is 0 Å². The third kappa shape index (κ3) is 3.34. The summed E-state index contributed by atoms with van der Waals surface area (Å²) < 4.78 is 0. The molecule has 110 valence electrons. The van der Waals surface area contributed by atoms with Crippen molar-refractivity contribution in [2.24, 2.45) is 0 Å². The third-order valence-electron chi connectivity index (χ3n) is 4.50. The van der Waals surface area contributed by atoms with Crippen LogP contribution in [-0.2, 0) is 0 Å². The Labute approximate surface area is 127 Å². The predicted molar refractivity (Wildman–Crippen MR) is 88.6 cm³/mol. The number of nitrogens with one attached hydrogen (secondary N) is 1. The minimum Gasteiger partial charge on any atom is -0.314 e. The van der Waals surface area contributed by atoms with E-state index in [0.29, 0.717) is 12.0 Å². The molecule has 1 aliphatic heterocycles. The van der Waals surface area contributed by atoms with E-state index in [-0.39, 0.29) is 0 Å². The van der Waals surface area contributed by atoms with Crippen molar-refractivity contribution < 1.29 is 0 Å². The fourth-order valence-electron chi connectivity index (χ4n) is 3.08. The van der Waals surface area contributed by atoms with Gasteiger partial charge in [-0.25, -0.2) is 0 Å². The minimum absolute atomic E-state index is 0.452. The number of likely N-dealkylation sites (N-methyl/N-ethyl adjacent to an activating group) is 1. The molecule has 0 unspecified atom stereocenters. The van der Waals surface area contributed by atoms with Crippen LogP contribution in [0.3, 0.4) is 0 Å². The normalized spacial score (nSPS) is 15.4. The molecule has 0 amide bonds. The van der Waals surface area contributed by atoms with Gasteiger partial charge < -0.3 is 5.32 Å². The van der Waals surface area contributed by atoms with E-state index in [1.165, 1.54) is 11.1 Å². The summed E-state index contributed by atoms with van der Waals surface area (Å²) in [6.45, 7) is 6.74. The van der Waals surface area contributed by atoms with Crippen LogP contribution in [0, 0.1) is 0 Å². The molecule has 2 heteroatoms. The fraction of sp³-hybridized carbons (Fsp3) is 0.368. The summed E-state index contributed by atoms with van der Waals surface area (Å²) in [4.78, 5) is 2.61. The Balaban J connectivity index is 1.85. The average molecular weight is 280 g/mol. The number of hydrogen-bond acceptors (Lipinski definition) is 2. The fourth-order valence-corrected chi connectivity index (χ4v) is 3.08. The molecule has 0 radical (unpaired) electrons. The van der Waals surface area contributed by atoms with E-state index < -0.39 is 0 Å². The van der Waals surface area contributed by atoms with Crippen molar-refractivity contribution in [2.45, 2.75) is 18.9 Å². The molecule has 1 fully saturated rings. The Morgan fingerprint density at radius 2 is 1.48 bits per heavy atom. The first-order valence-electron chi connectivity index (χ1n) is 7.93. The first-order valence-corrected chi connectivity index (χ1v) is 7.93. The van der Waals surface area contributed by atoms with Crippen molar-refractivity contribution in [2.75, 3.05) is 26.2 Å². The summed E-state index contributed by atoms with van der Waals surface area (Å²) in [5.41, 5.74) is 2.82. The van der Waals surface area contributed by atoms with E-state index in [2.05, 4.69) is 77.8 Å². The van der Waals surface area contributed by atoms with Crippen molar-refractivity contribution in [3.8, 4) is 0 Å². The molecular weight excluding hydrogens is 256 g/mol. The van der Waals surface area contributed by atoms with E-state index in [9.17, 15) is 0 Å². The number of benzene rings is 2. The van der Waals surface area contributed by atoms with E-state index >= 15 is 0 Å². The number of rotatable bonds is 6. The van der Waals surface area contributed by atoms with Gasteiger partial charge in [0.15, 0.2) is 0 Å². The Kier molecular flexibility index (Phi) is 4.69. The zero-order chi connectivity index (χ0) is 14.5. The van der Waals surface area contributed by atoms with Gasteiger partial charge in [0.1, 0.15) is 0 Å². The van der Waals surface area contributed by atoms with Gasteiger partial charge in [0, 0.05) is 31.6 Å². The molecule has 1 saturated heterocycles. The molecule has 0 bridgehead atoms. The number of hydrogen-bond donors (Lipinski definition) is 1. The topological polar surface area (TPSA) is 15.3 Å². The van der Waals surface area contributed by atoms with Crippen molar-refractivity contribution in [1.29, 1.82) is 0 Å². The predicted octanol–water partition coefficient (Wildman–Crippen LogP) is 3.11. The zero-order valence-corrected chi connectivity index (χ0v) is 12.7. The molecule has 2 nitrogen and oxygen atoms in total. The standard InChI is InChI=1S/C19H24N2/c1-2-21(18-13-20-14-18)15-19(16-9-5-3-6-10-16)17-11-7-4-8-12-17/h3-12,18-20H,2,13-15H2,1H3. The second-order valence-electron chi connectivity index (χ2n) is 5.77. The van der Waals surface area contributed by atoms with Crippen LogP contribution in [0.2, 0.25) is 0 Å². The second kappa shape index (κ2) is 6.88. The lowest BCUT2D eigenvalue weighted by atomic mass is 9.90. The Hall–Kier alpha value is -1.64. The lowest BCUT2D eigenvalue weighted by Crippen LogP contribution is -2.57. The minimum atomic E-state index is 0.452. The molecule has 0 spiro atoms. The van der Waals surface area contributed by atoms with Gasteiger partial charge >= 0.3 is 0 Å². The summed E-state index contributed by atoms with van der Waals surface area (Å²) in [5, 5.41) is 3.39. The molecule has 1 aliphatic rings. The number of nitrogens with zero attached hydrogens (tertiary/aromatic N) is 1. The molecule has 0 saturated carbocycles. The molecule has 0 aliphatic carbocycles. The molecule has 3 rings (SSSR count). The van der Waals surface area contributed by atoms with Crippen LogP contribution in [-0.4, -0.2) is 37.1 Å².